The van der Waals surface area contributed by atoms with E-state index < -0.39 is 17.8 Å². The molecule has 4 amide bonds. The van der Waals surface area contributed by atoms with Crippen LogP contribution in [0.4, 0.5) is 10.5 Å². The minimum absolute atomic E-state index is 0.000886. The molecule has 0 aromatic heterocycles. The molecule has 0 radical (unpaired) electrons. The number of carbonyl (C=O) groups excluding carboxylic acids is 3. The first-order valence-corrected chi connectivity index (χ1v) is 8.27. The number of urea groups is 1. The van der Waals surface area contributed by atoms with Crippen LogP contribution in [0, 0.1) is 0 Å². The van der Waals surface area contributed by atoms with E-state index in [0.29, 0.717) is 5.56 Å². The van der Waals surface area contributed by atoms with E-state index in [9.17, 15) is 19.5 Å². The molecule has 1 aliphatic heterocycles. The van der Waals surface area contributed by atoms with Gasteiger partial charge >= 0.3 is 6.03 Å². The molecule has 2 aromatic carbocycles. The number of phenolic OH excluding ortho intramolecular Hbond substituents is 1. The van der Waals surface area contributed by atoms with E-state index >= 15 is 0 Å². The summed E-state index contributed by atoms with van der Waals surface area (Å²) in [6, 6.07) is 7.65. The number of amides is 4. The zero-order valence-corrected chi connectivity index (χ0v) is 15.1. The van der Waals surface area contributed by atoms with Gasteiger partial charge in [-0.3, -0.25) is 14.9 Å². The standard InChI is InChI=1S/C17H9Cl3N2O4/c18-10-2-1-3-12(14(10)20)22-16(25)9(15(24)21-17(22)26)6-8-4-5-13(23)11(19)7-8/h1-7,23H,(H,21,24,26)/b9-6+. The van der Waals surface area contributed by atoms with E-state index in [4.69, 9.17) is 34.8 Å². The number of imide groups is 2. The summed E-state index contributed by atoms with van der Waals surface area (Å²) in [7, 11) is 0. The summed E-state index contributed by atoms with van der Waals surface area (Å²) in [6.45, 7) is 0. The first-order chi connectivity index (χ1) is 12.3. The van der Waals surface area contributed by atoms with Crippen molar-refractivity contribution in [3.63, 3.8) is 0 Å². The van der Waals surface area contributed by atoms with Crippen molar-refractivity contribution in [2.45, 2.75) is 0 Å². The van der Waals surface area contributed by atoms with Crippen molar-refractivity contribution >= 4 is 64.4 Å². The van der Waals surface area contributed by atoms with Gasteiger partial charge in [-0.15, -0.1) is 0 Å². The summed E-state index contributed by atoms with van der Waals surface area (Å²) < 4.78 is 0. The number of aromatic hydroxyl groups is 1. The molecule has 1 heterocycles. The third-order valence-electron chi connectivity index (χ3n) is 3.56. The molecule has 0 bridgehead atoms. The molecule has 9 heteroatoms. The Kier molecular flexibility index (Phi) is 4.91. The normalized spacial score (nSPS) is 16.2. The van der Waals surface area contributed by atoms with E-state index in [1.165, 1.54) is 42.5 Å². The zero-order chi connectivity index (χ0) is 19.0. The number of nitrogens with zero attached hydrogens (tertiary/aromatic N) is 1. The number of phenols is 1. The number of barbiturate groups is 1. The van der Waals surface area contributed by atoms with E-state index in [2.05, 4.69) is 5.32 Å². The van der Waals surface area contributed by atoms with E-state index in [1.807, 2.05) is 0 Å². The number of benzene rings is 2. The lowest BCUT2D eigenvalue weighted by atomic mass is 10.1. The highest BCUT2D eigenvalue weighted by molar-refractivity contribution is 6.46. The molecule has 26 heavy (non-hydrogen) atoms. The molecule has 1 saturated heterocycles. The smallest absolute Gasteiger partial charge is 0.336 e. The summed E-state index contributed by atoms with van der Waals surface area (Å²) in [4.78, 5) is 37.8. The summed E-state index contributed by atoms with van der Waals surface area (Å²) in [5.74, 6) is -1.87. The van der Waals surface area contributed by atoms with Gasteiger partial charge in [-0.1, -0.05) is 46.9 Å². The predicted octanol–water partition coefficient (Wildman–Crippen LogP) is 4.02. The highest BCUT2D eigenvalue weighted by atomic mass is 35.5. The summed E-state index contributed by atoms with van der Waals surface area (Å²) in [5.41, 5.74) is 0.129. The topological polar surface area (TPSA) is 86.7 Å². The van der Waals surface area contributed by atoms with Crippen molar-refractivity contribution in [3.05, 3.63) is 62.6 Å². The fourth-order valence-corrected chi connectivity index (χ4v) is 2.89. The minimum Gasteiger partial charge on any atom is -0.506 e. The number of carbonyl (C=O) groups is 3. The molecule has 6 nitrogen and oxygen atoms in total. The largest absolute Gasteiger partial charge is 0.506 e. The molecular weight excluding hydrogens is 403 g/mol. The Morgan fingerprint density at radius 2 is 1.73 bits per heavy atom. The summed E-state index contributed by atoms with van der Waals surface area (Å²) in [5, 5.41) is 11.7. The summed E-state index contributed by atoms with van der Waals surface area (Å²) >= 11 is 17.8. The van der Waals surface area contributed by atoms with E-state index in [0.717, 1.165) is 4.90 Å². The molecule has 0 saturated carbocycles. The molecular formula is C17H9Cl3N2O4. The van der Waals surface area contributed by atoms with Gasteiger partial charge in [0.05, 0.1) is 20.8 Å². The number of hydrogen-bond donors (Lipinski definition) is 2. The van der Waals surface area contributed by atoms with Gasteiger partial charge < -0.3 is 5.11 Å². The van der Waals surface area contributed by atoms with Gasteiger partial charge in [0.2, 0.25) is 0 Å². The molecule has 132 valence electrons. The molecule has 0 spiro atoms. The Labute approximate surface area is 162 Å². The highest BCUT2D eigenvalue weighted by Gasteiger charge is 2.38. The molecule has 0 atom stereocenters. The van der Waals surface area contributed by atoms with Crippen LogP contribution in [0.1, 0.15) is 5.56 Å². The maximum absolute atomic E-state index is 12.8. The van der Waals surface area contributed by atoms with Gasteiger partial charge in [0.25, 0.3) is 11.8 Å². The van der Waals surface area contributed by atoms with Crippen molar-refractivity contribution in [2.24, 2.45) is 0 Å². The van der Waals surface area contributed by atoms with Crippen LogP contribution < -0.4 is 10.2 Å². The number of hydrogen-bond acceptors (Lipinski definition) is 4. The molecule has 1 aliphatic rings. The average Bonchev–Trinajstić information content (AvgIpc) is 2.58. The Hall–Kier alpha value is -2.54. The van der Waals surface area contributed by atoms with Crippen molar-refractivity contribution in [3.8, 4) is 5.75 Å². The molecule has 2 N–H and O–H groups in total. The molecule has 0 aliphatic carbocycles. The monoisotopic (exact) mass is 410 g/mol. The molecule has 2 aromatic rings. The van der Waals surface area contributed by atoms with Crippen LogP contribution in [0.25, 0.3) is 6.08 Å². The van der Waals surface area contributed by atoms with Gasteiger partial charge in [-0.05, 0) is 35.9 Å². The second-order valence-corrected chi connectivity index (χ2v) is 6.43. The van der Waals surface area contributed by atoms with Crippen LogP contribution in [-0.2, 0) is 9.59 Å². The van der Waals surface area contributed by atoms with Gasteiger partial charge in [0, 0.05) is 0 Å². The second-order valence-electron chi connectivity index (χ2n) is 5.24. The number of halogens is 3. The second kappa shape index (κ2) is 6.99. The summed E-state index contributed by atoms with van der Waals surface area (Å²) in [6.07, 6.45) is 1.25. The lowest BCUT2D eigenvalue weighted by Gasteiger charge is -2.27. The van der Waals surface area contributed by atoms with Crippen LogP contribution in [0.2, 0.25) is 15.1 Å². The quantitative estimate of drug-likeness (QED) is 0.577. The van der Waals surface area contributed by atoms with Crippen molar-refractivity contribution in [1.29, 1.82) is 0 Å². The van der Waals surface area contributed by atoms with Gasteiger partial charge in [-0.25, -0.2) is 9.69 Å². The average molecular weight is 412 g/mol. The Bertz CT molecular complexity index is 988. The lowest BCUT2D eigenvalue weighted by Crippen LogP contribution is -2.54. The lowest BCUT2D eigenvalue weighted by molar-refractivity contribution is -0.122. The van der Waals surface area contributed by atoms with Gasteiger partial charge in [0.1, 0.15) is 11.3 Å². The Morgan fingerprint density at radius 3 is 2.42 bits per heavy atom. The number of rotatable bonds is 2. The van der Waals surface area contributed by atoms with E-state index in [-0.39, 0.29) is 32.1 Å². The SMILES string of the molecule is O=C1NC(=O)N(c2cccc(Cl)c2Cl)C(=O)/C1=C/c1ccc(O)c(Cl)c1. The van der Waals surface area contributed by atoms with Crippen LogP contribution >= 0.6 is 34.8 Å². The number of nitrogens with one attached hydrogen (secondary N) is 1. The molecule has 0 unspecified atom stereocenters. The molecule has 3 rings (SSSR count). The fraction of sp³-hybridized carbons (Fsp3) is 0. The van der Waals surface area contributed by atoms with Crippen LogP contribution in [-0.4, -0.2) is 23.0 Å². The van der Waals surface area contributed by atoms with Crippen LogP contribution in [0.5, 0.6) is 5.75 Å². The van der Waals surface area contributed by atoms with Crippen molar-refractivity contribution in [1.82, 2.24) is 5.32 Å². The van der Waals surface area contributed by atoms with E-state index in [1.54, 1.807) is 0 Å². The zero-order valence-electron chi connectivity index (χ0n) is 12.8. The highest BCUT2D eigenvalue weighted by Crippen LogP contribution is 2.34. The maximum Gasteiger partial charge on any atom is 0.336 e. The van der Waals surface area contributed by atoms with Crippen LogP contribution in [0.15, 0.2) is 42.0 Å². The first kappa shape index (κ1) is 18.3. The maximum atomic E-state index is 12.8. The fourth-order valence-electron chi connectivity index (χ4n) is 2.32. The van der Waals surface area contributed by atoms with Crippen molar-refractivity contribution < 1.29 is 19.5 Å². The third-order valence-corrected chi connectivity index (χ3v) is 4.67. The van der Waals surface area contributed by atoms with Gasteiger partial charge in [-0.2, -0.15) is 0 Å². The van der Waals surface area contributed by atoms with Crippen molar-refractivity contribution in [2.75, 3.05) is 4.90 Å². The van der Waals surface area contributed by atoms with Crippen LogP contribution in [0.3, 0.4) is 0 Å². The first-order valence-electron chi connectivity index (χ1n) is 7.13. The molecule has 1 fully saturated rings. The third kappa shape index (κ3) is 3.26. The predicted molar refractivity (Wildman–Crippen MR) is 98.6 cm³/mol. The van der Waals surface area contributed by atoms with Gasteiger partial charge in [0.15, 0.2) is 0 Å². The Morgan fingerprint density at radius 1 is 1.00 bits per heavy atom. The Balaban J connectivity index is 2.07. The minimum atomic E-state index is -0.940. The number of anilines is 1.